The van der Waals surface area contributed by atoms with Crippen LogP contribution in [-0.2, 0) is 0 Å². The zero-order valence-corrected chi connectivity index (χ0v) is 16.6. The fourth-order valence-electron chi connectivity index (χ4n) is 3.96. The molecule has 3 heterocycles. The number of benzene rings is 1. The van der Waals surface area contributed by atoms with Crippen molar-refractivity contribution >= 4 is 11.6 Å². The molecular formula is C21H24N4O3. The summed E-state index contributed by atoms with van der Waals surface area (Å²) in [5, 5.41) is 4.46. The molecule has 1 aliphatic heterocycles. The van der Waals surface area contributed by atoms with Crippen LogP contribution < -0.4 is 9.47 Å². The monoisotopic (exact) mass is 380 g/mol. The van der Waals surface area contributed by atoms with Crippen LogP contribution in [0.4, 0.5) is 0 Å². The topological polar surface area (TPSA) is 69.0 Å². The lowest BCUT2D eigenvalue weighted by Crippen LogP contribution is -2.32. The normalized spacial score (nSPS) is 16.6. The quantitative estimate of drug-likeness (QED) is 0.694. The number of carbonyl (C=O) groups excluding carboxylic acids is 1. The maximum atomic E-state index is 13.4. The molecule has 1 aliphatic rings. The van der Waals surface area contributed by atoms with Crippen LogP contribution in [0.5, 0.6) is 11.5 Å². The van der Waals surface area contributed by atoms with Gasteiger partial charge in [0.25, 0.3) is 5.91 Å². The second-order valence-corrected chi connectivity index (χ2v) is 7.08. The Hall–Kier alpha value is -3.09. The number of hydrogen-bond acceptors (Lipinski definition) is 5. The van der Waals surface area contributed by atoms with E-state index in [1.54, 1.807) is 24.9 Å². The second kappa shape index (κ2) is 7.14. The van der Waals surface area contributed by atoms with Crippen LogP contribution in [0, 0.1) is 13.8 Å². The van der Waals surface area contributed by atoms with Gasteiger partial charge in [0.1, 0.15) is 11.5 Å². The van der Waals surface area contributed by atoms with E-state index in [-0.39, 0.29) is 11.9 Å². The highest BCUT2D eigenvalue weighted by atomic mass is 16.5. The first-order valence-electron chi connectivity index (χ1n) is 9.38. The van der Waals surface area contributed by atoms with Gasteiger partial charge in [-0.1, -0.05) is 0 Å². The number of aryl methyl sites for hydroxylation is 2. The molecule has 28 heavy (non-hydrogen) atoms. The van der Waals surface area contributed by atoms with E-state index >= 15 is 0 Å². The summed E-state index contributed by atoms with van der Waals surface area (Å²) >= 11 is 0. The van der Waals surface area contributed by atoms with Crippen LogP contribution in [0.3, 0.4) is 0 Å². The number of fused-ring (bicyclic) bond motifs is 1. The van der Waals surface area contributed by atoms with Crippen LogP contribution in [0.2, 0.25) is 0 Å². The number of carbonyl (C=O) groups is 1. The Labute approximate surface area is 163 Å². The van der Waals surface area contributed by atoms with E-state index in [4.69, 9.17) is 9.47 Å². The van der Waals surface area contributed by atoms with Gasteiger partial charge in [-0.05, 0) is 44.9 Å². The van der Waals surface area contributed by atoms with Gasteiger partial charge in [-0.25, -0.2) is 9.50 Å². The van der Waals surface area contributed by atoms with Gasteiger partial charge in [0, 0.05) is 24.4 Å². The van der Waals surface area contributed by atoms with Gasteiger partial charge in [-0.2, -0.15) is 5.10 Å². The number of amides is 1. The van der Waals surface area contributed by atoms with Gasteiger partial charge < -0.3 is 14.4 Å². The summed E-state index contributed by atoms with van der Waals surface area (Å²) in [6.07, 6.45) is 3.48. The Kier molecular flexibility index (Phi) is 4.66. The standard InChI is InChI=1S/C21H24N4O3/c1-13-10-20-22-12-17(14(2)25(20)23-13)21(26)24-9-5-6-18(24)16-11-15(27-3)7-8-19(16)28-4/h7-8,10-12,18H,5-6,9H2,1-4H3/t18-/m1/s1. The number of nitrogens with zero attached hydrogens (tertiary/aromatic N) is 4. The van der Waals surface area contributed by atoms with Crippen LogP contribution >= 0.6 is 0 Å². The van der Waals surface area contributed by atoms with E-state index < -0.39 is 0 Å². The third-order valence-corrected chi connectivity index (χ3v) is 5.39. The zero-order valence-electron chi connectivity index (χ0n) is 16.6. The second-order valence-electron chi connectivity index (χ2n) is 7.08. The van der Waals surface area contributed by atoms with E-state index in [2.05, 4.69) is 10.1 Å². The summed E-state index contributed by atoms with van der Waals surface area (Å²) in [7, 11) is 3.29. The van der Waals surface area contributed by atoms with E-state index in [0.29, 0.717) is 12.1 Å². The Bertz CT molecular complexity index is 1040. The molecule has 0 radical (unpaired) electrons. The van der Waals surface area contributed by atoms with Crippen LogP contribution in [0.15, 0.2) is 30.5 Å². The summed E-state index contributed by atoms with van der Waals surface area (Å²) in [6, 6.07) is 7.56. The lowest BCUT2D eigenvalue weighted by atomic mass is 10.0. The predicted octanol–water partition coefficient (Wildman–Crippen LogP) is 3.34. The Morgan fingerprint density at radius 2 is 2.00 bits per heavy atom. The molecule has 0 unspecified atom stereocenters. The molecule has 3 aromatic rings. The lowest BCUT2D eigenvalue weighted by molar-refractivity contribution is 0.0732. The number of aromatic nitrogens is 3. The molecule has 0 spiro atoms. The fourth-order valence-corrected chi connectivity index (χ4v) is 3.96. The van der Waals surface area contributed by atoms with Gasteiger partial charge >= 0.3 is 0 Å². The summed E-state index contributed by atoms with van der Waals surface area (Å²) in [4.78, 5) is 19.8. The van der Waals surface area contributed by atoms with Crippen molar-refractivity contribution in [2.45, 2.75) is 32.7 Å². The largest absolute Gasteiger partial charge is 0.497 e. The number of methoxy groups -OCH3 is 2. The van der Waals surface area contributed by atoms with Crippen LogP contribution in [0.1, 0.15) is 46.2 Å². The van der Waals surface area contributed by atoms with E-state index in [1.165, 1.54) is 0 Å². The average molecular weight is 380 g/mol. The minimum atomic E-state index is -0.0630. The van der Waals surface area contributed by atoms with Gasteiger partial charge in [-0.15, -0.1) is 0 Å². The van der Waals surface area contributed by atoms with Crippen molar-refractivity contribution in [3.63, 3.8) is 0 Å². The maximum absolute atomic E-state index is 13.4. The highest BCUT2D eigenvalue weighted by molar-refractivity contribution is 5.95. The van der Waals surface area contributed by atoms with Crippen molar-refractivity contribution in [2.24, 2.45) is 0 Å². The number of likely N-dealkylation sites (tertiary alicyclic amines) is 1. The molecule has 0 aliphatic carbocycles. The van der Waals surface area contributed by atoms with Gasteiger partial charge in [0.15, 0.2) is 5.65 Å². The fraction of sp³-hybridized carbons (Fsp3) is 0.381. The SMILES string of the molecule is COc1ccc(OC)c([C@H]2CCCN2C(=O)c2cnc3cc(C)nn3c2C)c1. The van der Waals surface area contributed by atoms with Gasteiger partial charge in [-0.3, -0.25) is 4.79 Å². The predicted molar refractivity (Wildman–Crippen MR) is 105 cm³/mol. The molecule has 4 rings (SSSR count). The Balaban J connectivity index is 1.73. The summed E-state index contributed by atoms with van der Waals surface area (Å²) in [5.41, 5.74) is 3.96. The lowest BCUT2D eigenvalue weighted by Gasteiger charge is -2.27. The average Bonchev–Trinajstić information content (AvgIpc) is 3.33. The molecule has 146 valence electrons. The molecule has 2 aromatic heterocycles. The van der Waals surface area contributed by atoms with E-state index in [0.717, 1.165) is 46.9 Å². The zero-order chi connectivity index (χ0) is 19.8. The number of ether oxygens (including phenoxy) is 2. The summed E-state index contributed by atoms with van der Waals surface area (Å²) < 4.78 is 12.7. The van der Waals surface area contributed by atoms with Crippen molar-refractivity contribution in [2.75, 3.05) is 20.8 Å². The Morgan fingerprint density at radius 3 is 2.75 bits per heavy atom. The first-order valence-corrected chi connectivity index (χ1v) is 9.38. The smallest absolute Gasteiger partial charge is 0.257 e. The third kappa shape index (κ3) is 2.96. The maximum Gasteiger partial charge on any atom is 0.257 e. The molecule has 1 saturated heterocycles. The van der Waals surface area contributed by atoms with Gasteiger partial charge in [0.05, 0.1) is 37.2 Å². The first kappa shape index (κ1) is 18.3. The van der Waals surface area contributed by atoms with Crippen LogP contribution in [-0.4, -0.2) is 46.2 Å². The molecule has 7 heteroatoms. The minimum Gasteiger partial charge on any atom is -0.497 e. The third-order valence-electron chi connectivity index (χ3n) is 5.39. The highest BCUT2D eigenvalue weighted by Crippen LogP contribution is 2.39. The minimum absolute atomic E-state index is 0.0348. The first-order chi connectivity index (χ1) is 13.5. The number of rotatable bonds is 4. The summed E-state index contributed by atoms with van der Waals surface area (Å²) in [6.45, 7) is 4.52. The molecule has 1 aromatic carbocycles. The molecule has 1 amide bonds. The molecule has 0 saturated carbocycles. The van der Waals surface area contributed by atoms with Gasteiger partial charge in [0.2, 0.25) is 0 Å². The van der Waals surface area contributed by atoms with E-state index in [9.17, 15) is 4.79 Å². The molecule has 0 bridgehead atoms. The van der Waals surface area contributed by atoms with Crippen LogP contribution in [0.25, 0.3) is 5.65 Å². The van der Waals surface area contributed by atoms with Crippen molar-refractivity contribution < 1.29 is 14.3 Å². The Morgan fingerprint density at radius 1 is 1.18 bits per heavy atom. The summed E-state index contributed by atoms with van der Waals surface area (Å²) in [5.74, 6) is 1.48. The number of hydrogen-bond donors (Lipinski definition) is 0. The van der Waals surface area contributed by atoms with Crippen molar-refractivity contribution in [3.8, 4) is 11.5 Å². The van der Waals surface area contributed by atoms with E-state index in [1.807, 2.05) is 43.0 Å². The van der Waals surface area contributed by atoms with Crippen molar-refractivity contribution in [1.82, 2.24) is 19.5 Å². The van der Waals surface area contributed by atoms with Crippen molar-refractivity contribution in [3.05, 3.63) is 53.0 Å². The molecule has 0 N–H and O–H groups in total. The molecular weight excluding hydrogens is 356 g/mol. The molecule has 1 atom stereocenters. The van der Waals surface area contributed by atoms with Crippen molar-refractivity contribution in [1.29, 1.82) is 0 Å². The highest BCUT2D eigenvalue weighted by Gasteiger charge is 2.33. The molecule has 7 nitrogen and oxygen atoms in total. The molecule has 1 fully saturated rings.